The van der Waals surface area contributed by atoms with Gasteiger partial charge in [0, 0.05) is 43.5 Å². The van der Waals surface area contributed by atoms with Crippen molar-refractivity contribution in [2.75, 3.05) is 39.7 Å². The number of benzene rings is 1. The predicted molar refractivity (Wildman–Crippen MR) is 123 cm³/mol. The number of amides is 2. The van der Waals surface area contributed by atoms with Crippen molar-refractivity contribution in [1.29, 1.82) is 0 Å². The number of rotatable bonds is 8. The average Bonchev–Trinajstić information content (AvgIpc) is 2.91. The number of methoxy groups -OCH3 is 1. The summed E-state index contributed by atoms with van der Waals surface area (Å²) in [5.74, 6) is 1.66. The highest BCUT2D eigenvalue weighted by Gasteiger charge is 2.18. The lowest BCUT2D eigenvalue weighted by molar-refractivity contribution is -0.125. The van der Waals surface area contributed by atoms with E-state index in [1.165, 1.54) is 6.08 Å². The van der Waals surface area contributed by atoms with Crippen LogP contribution in [0.1, 0.15) is 30.0 Å². The fraction of sp³-hybridized carbons (Fsp3) is 0.375. The lowest BCUT2D eigenvalue weighted by atomic mass is 10.1. The molecule has 0 spiro atoms. The molecule has 0 atom stereocenters. The van der Waals surface area contributed by atoms with E-state index in [9.17, 15) is 9.59 Å². The van der Waals surface area contributed by atoms with E-state index in [1.54, 1.807) is 31.3 Å². The summed E-state index contributed by atoms with van der Waals surface area (Å²) in [6.45, 7) is 3.93. The standard InChI is InChI=1S/C24H30N4O4/c1-5-11-32-23-18(7-6-8-20(23)31-4)15-28(3)22(30)10-9-17-12-19-14-27(2)16-21(29)26-24(19)25-13-17/h6-10,12-13H,5,11,14-16H2,1-4H3,(H,25,26,29). The van der Waals surface area contributed by atoms with Gasteiger partial charge < -0.3 is 19.7 Å². The summed E-state index contributed by atoms with van der Waals surface area (Å²) in [6, 6.07) is 7.61. The molecule has 0 bridgehead atoms. The zero-order valence-corrected chi connectivity index (χ0v) is 19.1. The van der Waals surface area contributed by atoms with Gasteiger partial charge in [-0.15, -0.1) is 0 Å². The number of aromatic nitrogens is 1. The van der Waals surface area contributed by atoms with Gasteiger partial charge in [0.25, 0.3) is 0 Å². The van der Waals surface area contributed by atoms with Crippen molar-refractivity contribution in [1.82, 2.24) is 14.8 Å². The minimum atomic E-state index is -0.144. The van der Waals surface area contributed by atoms with E-state index in [0.29, 0.717) is 43.6 Å². The first-order chi connectivity index (χ1) is 15.4. The van der Waals surface area contributed by atoms with Crippen molar-refractivity contribution in [2.45, 2.75) is 26.4 Å². The van der Waals surface area contributed by atoms with E-state index < -0.39 is 0 Å². The van der Waals surface area contributed by atoms with E-state index in [-0.39, 0.29) is 11.8 Å². The highest BCUT2D eigenvalue weighted by atomic mass is 16.5. The molecule has 1 aromatic carbocycles. The molecule has 1 aliphatic rings. The molecule has 8 heteroatoms. The third-order valence-corrected chi connectivity index (χ3v) is 5.03. The molecule has 0 saturated heterocycles. The number of pyridine rings is 1. The Labute approximate surface area is 188 Å². The summed E-state index contributed by atoms with van der Waals surface area (Å²) in [5, 5.41) is 2.81. The molecular formula is C24H30N4O4. The third kappa shape index (κ3) is 5.85. The highest BCUT2D eigenvalue weighted by Crippen LogP contribution is 2.32. The fourth-order valence-corrected chi connectivity index (χ4v) is 3.46. The maximum absolute atomic E-state index is 12.7. The maximum Gasteiger partial charge on any atom is 0.246 e. The first-order valence-electron chi connectivity index (χ1n) is 10.6. The molecule has 0 saturated carbocycles. The predicted octanol–water partition coefficient (Wildman–Crippen LogP) is 2.93. The van der Waals surface area contributed by atoms with Gasteiger partial charge in [-0.1, -0.05) is 19.1 Å². The van der Waals surface area contributed by atoms with Gasteiger partial charge in [0.1, 0.15) is 5.82 Å². The second-order valence-corrected chi connectivity index (χ2v) is 7.82. The zero-order chi connectivity index (χ0) is 23.1. The van der Waals surface area contributed by atoms with Crippen LogP contribution in [0.5, 0.6) is 11.5 Å². The van der Waals surface area contributed by atoms with Crippen molar-refractivity contribution in [3.05, 3.63) is 53.2 Å². The Balaban J connectivity index is 1.71. The van der Waals surface area contributed by atoms with Gasteiger partial charge in [0.05, 0.1) is 20.3 Å². The Morgan fingerprint density at radius 2 is 2.16 bits per heavy atom. The first-order valence-corrected chi connectivity index (χ1v) is 10.6. The molecule has 0 fully saturated rings. The van der Waals surface area contributed by atoms with Gasteiger partial charge in [0.2, 0.25) is 11.8 Å². The number of carbonyl (C=O) groups is 2. The van der Waals surface area contributed by atoms with Gasteiger partial charge in [-0.05, 0) is 37.2 Å². The van der Waals surface area contributed by atoms with Crippen LogP contribution in [0.3, 0.4) is 0 Å². The largest absolute Gasteiger partial charge is 0.493 e. The number of hydrogen-bond acceptors (Lipinski definition) is 6. The molecular weight excluding hydrogens is 408 g/mol. The van der Waals surface area contributed by atoms with E-state index in [0.717, 1.165) is 23.1 Å². The molecule has 0 radical (unpaired) electrons. The Hall–Kier alpha value is -3.39. The van der Waals surface area contributed by atoms with Crippen LogP contribution < -0.4 is 14.8 Å². The molecule has 8 nitrogen and oxygen atoms in total. The first kappa shape index (κ1) is 23.3. The molecule has 1 aliphatic heterocycles. The zero-order valence-electron chi connectivity index (χ0n) is 19.1. The number of nitrogens with one attached hydrogen (secondary N) is 1. The lowest BCUT2D eigenvalue weighted by Gasteiger charge is -2.19. The molecule has 3 rings (SSSR count). The summed E-state index contributed by atoms with van der Waals surface area (Å²) in [6.07, 6.45) is 5.78. The quantitative estimate of drug-likeness (QED) is 0.638. The normalized spacial score (nSPS) is 13.9. The molecule has 2 amide bonds. The van der Waals surface area contributed by atoms with Crippen molar-refractivity contribution in [3.63, 3.8) is 0 Å². The van der Waals surface area contributed by atoms with Crippen LogP contribution in [0.15, 0.2) is 36.5 Å². The minimum absolute atomic E-state index is 0.0846. The van der Waals surface area contributed by atoms with Gasteiger partial charge in [-0.25, -0.2) is 4.98 Å². The molecule has 1 aromatic heterocycles. The second kappa shape index (κ2) is 10.8. The minimum Gasteiger partial charge on any atom is -0.493 e. The molecule has 32 heavy (non-hydrogen) atoms. The Kier molecular flexibility index (Phi) is 7.83. The van der Waals surface area contributed by atoms with E-state index >= 15 is 0 Å². The van der Waals surface area contributed by atoms with Crippen molar-refractivity contribution in [2.24, 2.45) is 0 Å². The van der Waals surface area contributed by atoms with Gasteiger partial charge in [0.15, 0.2) is 11.5 Å². The Morgan fingerprint density at radius 3 is 2.91 bits per heavy atom. The highest BCUT2D eigenvalue weighted by molar-refractivity contribution is 5.93. The van der Waals surface area contributed by atoms with Crippen LogP contribution in [0.25, 0.3) is 6.08 Å². The molecule has 1 N–H and O–H groups in total. The van der Waals surface area contributed by atoms with Crippen LogP contribution >= 0.6 is 0 Å². The number of carbonyl (C=O) groups excluding carboxylic acids is 2. The van der Waals surface area contributed by atoms with Crippen molar-refractivity contribution < 1.29 is 19.1 Å². The smallest absolute Gasteiger partial charge is 0.246 e. The number of ether oxygens (including phenoxy) is 2. The van der Waals surface area contributed by atoms with Crippen LogP contribution in [0.2, 0.25) is 0 Å². The van der Waals surface area contributed by atoms with Crippen LogP contribution in [-0.2, 0) is 22.7 Å². The number of hydrogen-bond donors (Lipinski definition) is 1. The summed E-state index contributed by atoms with van der Waals surface area (Å²) < 4.78 is 11.3. The molecule has 0 aliphatic carbocycles. The fourth-order valence-electron chi connectivity index (χ4n) is 3.46. The van der Waals surface area contributed by atoms with Crippen LogP contribution in [0, 0.1) is 0 Å². The van der Waals surface area contributed by atoms with E-state index in [4.69, 9.17) is 9.47 Å². The summed E-state index contributed by atoms with van der Waals surface area (Å²) in [5.41, 5.74) is 2.59. The Bertz CT molecular complexity index is 1010. The molecule has 170 valence electrons. The van der Waals surface area contributed by atoms with Crippen molar-refractivity contribution in [3.8, 4) is 11.5 Å². The number of nitrogens with zero attached hydrogens (tertiary/aromatic N) is 3. The summed E-state index contributed by atoms with van der Waals surface area (Å²) in [7, 11) is 5.23. The van der Waals surface area contributed by atoms with Crippen LogP contribution in [-0.4, -0.2) is 61.0 Å². The second-order valence-electron chi connectivity index (χ2n) is 7.82. The van der Waals surface area contributed by atoms with Crippen molar-refractivity contribution >= 4 is 23.7 Å². The van der Waals surface area contributed by atoms with Gasteiger partial charge >= 0.3 is 0 Å². The van der Waals surface area contributed by atoms with Gasteiger partial charge in [-0.2, -0.15) is 0 Å². The summed E-state index contributed by atoms with van der Waals surface area (Å²) >= 11 is 0. The number of likely N-dealkylation sites (N-methyl/N-ethyl adjacent to an activating group) is 2. The monoisotopic (exact) mass is 438 g/mol. The number of anilines is 1. The third-order valence-electron chi connectivity index (χ3n) is 5.03. The lowest BCUT2D eigenvalue weighted by Crippen LogP contribution is -2.26. The van der Waals surface area contributed by atoms with Gasteiger partial charge in [-0.3, -0.25) is 14.5 Å². The average molecular weight is 439 g/mol. The van der Waals surface area contributed by atoms with Crippen LogP contribution in [0.4, 0.5) is 5.82 Å². The van der Waals surface area contributed by atoms with E-state index in [2.05, 4.69) is 10.3 Å². The molecule has 2 heterocycles. The number of fused-ring (bicyclic) bond motifs is 1. The molecule has 0 unspecified atom stereocenters. The van der Waals surface area contributed by atoms with E-state index in [1.807, 2.05) is 43.1 Å². The molecule has 2 aromatic rings. The Morgan fingerprint density at radius 1 is 1.34 bits per heavy atom. The number of para-hydroxylation sites is 1. The SMILES string of the molecule is CCCOc1c(CN(C)C(=O)C=Cc2cnc3c(c2)CN(C)CC(=O)N3)cccc1OC. The summed E-state index contributed by atoms with van der Waals surface area (Å²) in [4.78, 5) is 32.4. The maximum atomic E-state index is 12.7. The topological polar surface area (TPSA) is 84.0 Å².